The van der Waals surface area contributed by atoms with Crippen LogP contribution in [0.5, 0.6) is 0 Å². The minimum Gasteiger partial charge on any atom is -0.481 e. The molecule has 0 amide bonds. The predicted molar refractivity (Wildman–Crippen MR) is 38.5 cm³/mol. The highest BCUT2D eigenvalue weighted by Crippen LogP contribution is 2.47. The zero-order chi connectivity index (χ0) is 9.64. The predicted octanol–water partition coefficient (Wildman–Crippen LogP) is 1.13. The van der Waals surface area contributed by atoms with Gasteiger partial charge in [0.05, 0.1) is 17.9 Å². The van der Waals surface area contributed by atoms with Gasteiger partial charge in [0, 0.05) is 0 Å². The molecule has 2 rings (SSSR count). The van der Waals surface area contributed by atoms with Crippen molar-refractivity contribution in [3.8, 4) is 0 Å². The average Bonchev–Trinajstić information content (AvgIpc) is 2.53. The fourth-order valence-corrected chi connectivity index (χ4v) is 2.15. The van der Waals surface area contributed by atoms with E-state index in [1.807, 2.05) is 0 Å². The summed E-state index contributed by atoms with van der Waals surface area (Å²) in [7, 11) is 0. The molecule has 5 heteroatoms. The molecule has 0 spiro atoms. The van der Waals surface area contributed by atoms with E-state index in [0.717, 1.165) is 0 Å². The van der Waals surface area contributed by atoms with Crippen LogP contribution in [0.3, 0.4) is 0 Å². The van der Waals surface area contributed by atoms with Gasteiger partial charge in [0.2, 0.25) is 0 Å². The third-order valence-corrected chi connectivity index (χ3v) is 2.89. The number of carboxylic acids is 1. The van der Waals surface area contributed by atoms with Gasteiger partial charge < -0.3 is 9.84 Å². The quantitative estimate of drug-likeness (QED) is 0.677. The number of halogens is 2. The summed E-state index contributed by atoms with van der Waals surface area (Å²) >= 11 is 0. The number of rotatable bonds is 1. The van der Waals surface area contributed by atoms with E-state index in [2.05, 4.69) is 0 Å². The van der Waals surface area contributed by atoms with E-state index in [1.54, 1.807) is 0 Å². The number of carbonyl (C=O) groups is 1. The second kappa shape index (κ2) is 2.64. The van der Waals surface area contributed by atoms with Gasteiger partial charge in [0.1, 0.15) is 6.61 Å². The Morgan fingerprint density at radius 3 is 2.69 bits per heavy atom. The third-order valence-electron chi connectivity index (χ3n) is 2.89. The Hall–Kier alpha value is -0.710. The van der Waals surface area contributed by atoms with Crippen LogP contribution in [0.1, 0.15) is 12.8 Å². The Morgan fingerprint density at radius 2 is 2.15 bits per heavy atom. The molecule has 0 aromatic rings. The lowest BCUT2D eigenvalue weighted by molar-refractivity contribution is -0.142. The van der Waals surface area contributed by atoms with Crippen molar-refractivity contribution >= 4 is 5.97 Å². The van der Waals surface area contributed by atoms with Gasteiger partial charge in [0.25, 0.3) is 5.92 Å². The highest BCUT2D eigenvalue weighted by Gasteiger charge is 2.56. The zero-order valence-corrected chi connectivity index (χ0v) is 6.87. The summed E-state index contributed by atoms with van der Waals surface area (Å²) in [6.07, 6.45) is -0.265. The maximum absolute atomic E-state index is 13.0. The highest BCUT2D eigenvalue weighted by atomic mass is 19.3. The Kier molecular flexibility index (Phi) is 1.80. The van der Waals surface area contributed by atoms with Crippen LogP contribution < -0.4 is 0 Å². The summed E-state index contributed by atoms with van der Waals surface area (Å²) in [4.78, 5) is 10.5. The lowest BCUT2D eigenvalue weighted by Gasteiger charge is -2.14. The molecular formula is C8H10F2O3. The molecule has 1 saturated heterocycles. The number of aliphatic carboxylic acids is 1. The number of hydrogen-bond acceptors (Lipinski definition) is 2. The number of alkyl halides is 2. The van der Waals surface area contributed by atoms with Crippen LogP contribution in [0.2, 0.25) is 0 Å². The Balaban J connectivity index is 2.10. The van der Waals surface area contributed by atoms with E-state index in [0.29, 0.717) is 0 Å². The molecule has 1 N–H and O–H groups in total. The van der Waals surface area contributed by atoms with Gasteiger partial charge in [-0.25, -0.2) is 8.78 Å². The van der Waals surface area contributed by atoms with Crippen LogP contribution in [-0.4, -0.2) is 29.7 Å². The van der Waals surface area contributed by atoms with Gasteiger partial charge in [-0.05, 0) is 12.8 Å². The maximum Gasteiger partial charge on any atom is 0.306 e. The maximum atomic E-state index is 13.0. The number of ether oxygens (including phenoxy) is 1. The summed E-state index contributed by atoms with van der Waals surface area (Å²) in [6.45, 7) is -0.547. The molecule has 1 aliphatic heterocycles. The lowest BCUT2D eigenvalue weighted by Crippen LogP contribution is -2.27. The molecule has 0 bridgehead atoms. The molecular weight excluding hydrogens is 182 g/mol. The van der Waals surface area contributed by atoms with Crippen LogP contribution in [0.15, 0.2) is 0 Å². The second-order valence-electron chi connectivity index (χ2n) is 3.72. The molecule has 74 valence electrons. The number of fused-ring (bicyclic) bond motifs is 1. The van der Waals surface area contributed by atoms with Crippen LogP contribution in [0, 0.1) is 11.8 Å². The summed E-state index contributed by atoms with van der Waals surface area (Å²) < 4.78 is 30.9. The van der Waals surface area contributed by atoms with E-state index in [1.165, 1.54) is 0 Å². The van der Waals surface area contributed by atoms with Crippen LogP contribution in [-0.2, 0) is 9.53 Å². The van der Waals surface area contributed by atoms with Gasteiger partial charge in [-0.3, -0.25) is 4.79 Å². The first-order chi connectivity index (χ1) is 6.00. The third kappa shape index (κ3) is 1.31. The van der Waals surface area contributed by atoms with Crippen LogP contribution >= 0.6 is 0 Å². The van der Waals surface area contributed by atoms with Crippen molar-refractivity contribution in [2.75, 3.05) is 6.61 Å². The summed E-state index contributed by atoms with van der Waals surface area (Å²) in [5.41, 5.74) is 0. The van der Waals surface area contributed by atoms with Crippen molar-refractivity contribution in [3.05, 3.63) is 0 Å². The topological polar surface area (TPSA) is 46.5 Å². The fraction of sp³-hybridized carbons (Fsp3) is 0.875. The van der Waals surface area contributed by atoms with Gasteiger partial charge in [-0.2, -0.15) is 0 Å². The molecule has 0 radical (unpaired) electrons. The van der Waals surface area contributed by atoms with Crippen molar-refractivity contribution < 1.29 is 23.4 Å². The van der Waals surface area contributed by atoms with E-state index < -0.39 is 36.4 Å². The first kappa shape index (κ1) is 8.87. The van der Waals surface area contributed by atoms with E-state index >= 15 is 0 Å². The van der Waals surface area contributed by atoms with Crippen molar-refractivity contribution in [1.82, 2.24) is 0 Å². The summed E-state index contributed by atoms with van der Waals surface area (Å²) in [6, 6.07) is 0. The van der Waals surface area contributed by atoms with Crippen LogP contribution in [0.4, 0.5) is 8.78 Å². The average molecular weight is 192 g/mol. The van der Waals surface area contributed by atoms with Gasteiger partial charge >= 0.3 is 5.97 Å². The first-order valence-electron chi connectivity index (χ1n) is 4.23. The monoisotopic (exact) mass is 192 g/mol. The Bertz CT molecular complexity index is 242. The largest absolute Gasteiger partial charge is 0.481 e. The standard InChI is InChI=1S/C8H10F2O3/c9-8(10)3-13-6-2-4(7(11)12)1-5(6)8/h4-6H,1-3H2,(H,11,12). The molecule has 3 atom stereocenters. The Morgan fingerprint density at radius 1 is 1.46 bits per heavy atom. The molecule has 13 heavy (non-hydrogen) atoms. The lowest BCUT2D eigenvalue weighted by atomic mass is 9.99. The van der Waals surface area contributed by atoms with Crippen molar-refractivity contribution in [2.45, 2.75) is 24.9 Å². The first-order valence-corrected chi connectivity index (χ1v) is 4.23. The molecule has 0 aromatic heterocycles. The van der Waals surface area contributed by atoms with E-state index in [4.69, 9.17) is 9.84 Å². The zero-order valence-electron chi connectivity index (χ0n) is 6.87. The smallest absolute Gasteiger partial charge is 0.306 e. The van der Waals surface area contributed by atoms with Gasteiger partial charge in [0.15, 0.2) is 0 Å². The molecule has 1 aliphatic carbocycles. The molecule has 1 heterocycles. The van der Waals surface area contributed by atoms with Crippen LogP contribution in [0.25, 0.3) is 0 Å². The fourth-order valence-electron chi connectivity index (χ4n) is 2.15. The van der Waals surface area contributed by atoms with E-state index in [9.17, 15) is 13.6 Å². The van der Waals surface area contributed by atoms with Crippen molar-refractivity contribution in [1.29, 1.82) is 0 Å². The Labute approximate surface area is 73.7 Å². The summed E-state index contributed by atoms with van der Waals surface area (Å²) in [5, 5.41) is 8.64. The van der Waals surface area contributed by atoms with Gasteiger partial charge in [-0.1, -0.05) is 0 Å². The molecule has 3 unspecified atom stereocenters. The number of hydrogen-bond donors (Lipinski definition) is 1. The highest BCUT2D eigenvalue weighted by molar-refractivity contribution is 5.70. The molecule has 3 nitrogen and oxygen atoms in total. The minimum absolute atomic E-state index is 0.0486. The molecule has 0 aromatic carbocycles. The second-order valence-corrected chi connectivity index (χ2v) is 3.72. The minimum atomic E-state index is -2.82. The van der Waals surface area contributed by atoms with E-state index in [-0.39, 0.29) is 12.8 Å². The van der Waals surface area contributed by atoms with Gasteiger partial charge in [-0.15, -0.1) is 0 Å². The molecule has 1 saturated carbocycles. The molecule has 2 aliphatic rings. The van der Waals surface area contributed by atoms with Crippen molar-refractivity contribution in [3.63, 3.8) is 0 Å². The molecule has 2 fully saturated rings. The number of carboxylic acid groups (broad SMARTS) is 1. The normalized spacial score (nSPS) is 41.8. The van der Waals surface area contributed by atoms with Crippen molar-refractivity contribution in [2.24, 2.45) is 11.8 Å². The summed E-state index contributed by atoms with van der Waals surface area (Å²) in [5.74, 6) is -5.35. The SMILES string of the molecule is O=C(O)C1CC2OCC(F)(F)C2C1.